The summed E-state index contributed by atoms with van der Waals surface area (Å²) in [6.45, 7) is 4.46. The van der Waals surface area contributed by atoms with E-state index in [0.29, 0.717) is 18.5 Å². The monoisotopic (exact) mass is 399 g/mol. The van der Waals surface area contributed by atoms with Gasteiger partial charge in [-0.2, -0.15) is 0 Å². The number of hydrogen-bond acceptors (Lipinski definition) is 4. The first-order valence-electron chi connectivity index (χ1n) is 8.88. The molecule has 0 amide bonds. The number of anilines is 1. The van der Waals surface area contributed by atoms with Crippen LogP contribution in [0.25, 0.3) is 11.0 Å². The summed E-state index contributed by atoms with van der Waals surface area (Å²) in [5.41, 5.74) is 9.85. The van der Waals surface area contributed by atoms with Crippen molar-refractivity contribution in [1.82, 2.24) is 9.55 Å². The van der Waals surface area contributed by atoms with Crippen LogP contribution in [-0.4, -0.2) is 21.7 Å². The number of fused-ring (bicyclic) bond motifs is 1. The molecule has 0 unspecified atom stereocenters. The molecular formula is C21H26ClN5O. The van der Waals surface area contributed by atoms with Crippen molar-refractivity contribution in [2.24, 2.45) is 18.2 Å². The number of imidazole rings is 1. The number of aromatic nitrogens is 2. The molecule has 3 aromatic rings. The zero-order chi connectivity index (χ0) is 19.6. The highest BCUT2D eigenvalue weighted by Gasteiger charge is 2.18. The van der Waals surface area contributed by atoms with E-state index in [0.717, 1.165) is 34.4 Å². The molecule has 0 saturated heterocycles. The van der Waals surface area contributed by atoms with E-state index in [1.54, 1.807) is 0 Å². The summed E-state index contributed by atoms with van der Waals surface area (Å²) in [5, 5.41) is 10.8. The number of halogens is 1. The van der Waals surface area contributed by atoms with E-state index in [-0.39, 0.29) is 23.7 Å². The van der Waals surface area contributed by atoms with Gasteiger partial charge in [-0.25, -0.2) is 4.98 Å². The minimum atomic E-state index is -0.376. The van der Waals surface area contributed by atoms with Crippen molar-refractivity contribution < 1.29 is 4.79 Å². The fraction of sp³-hybridized carbons (Fsp3) is 0.286. The molecule has 0 atom stereocenters. The van der Waals surface area contributed by atoms with E-state index in [9.17, 15) is 4.79 Å². The molecule has 0 bridgehead atoms. The lowest BCUT2D eigenvalue weighted by Crippen LogP contribution is -2.16. The number of nitrogens with one attached hydrogen (secondary N) is 2. The molecular weight excluding hydrogens is 374 g/mol. The third-order valence-corrected chi connectivity index (χ3v) is 4.66. The van der Waals surface area contributed by atoms with Crippen LogP contribution < -0.4 is 11.1 Å². The molecule has 0 radical (unpaired) electrons. The third-order valence-electron chi connectivity index (χ3n) is 4.66. The molecule has 2 aromatic carbocycles. The van der Waals surface area contributed by atoms with Gasteiger partial charge in [0.2, 0.25) is 0 Å². The summed E-state index contributed by atoms with van der Waals surface area (Å²) >= 11 is 0. The Morgan fingerprint density at radius 2 is 1.93 bits per heavy atom. The number of nitrogens with two attached hydrogens (primary N) is 1. The molecule has 0 fully saturated rings. The number of benzene rings is 2. The van der Waals surface area contributed by atoms with Gasteiger partial charge >= 0.3 is 0 Å². The summed E-state index contributed by atoms with van der Waals surface area (Å²) in [4.78, 5) is 15.9. The maximum atomic E-state index is 11.2. The molecule has 4 N–H and O–H groups in total. The topological polar surface area (TPSA) is 96.8 Å². The van der Waals surface area contributed by atoms with Gasteiger partial charge in [-0.3, -0.25) is 5.41 Å². The van der Waals surface area contributed by atoms with Crippen LogP contribution in [0, 0.1) is 10.8 Å². The second-order valence-corrected chi connectivity index (χ2v) is 7.54. The Hall–Kier alpha value is -2.86. The normalized spacial score (nSPS) is 11.1. The minimum absolute atomic E-state index is 0. The highest BCUT2D eigenvalue weighted by Crippen LogP contribution is 2.23. The first kappa shape index (κ1) is 21.4. The van der Waals surface area contributed by atoms with Crippen molar-refractivity contribution in [2.75, 3.05) is 5.32 Å². The highest BCUT2D eigenvalue weighted by atomic mass is 35.5. The van der Waals surface area contributed by atoms with Crippen molar-refractivity contribution in [1.29, 1.82) is 5.41 Å². The van der Waals surface area contributed by atoms with Gasteiger partial charge in [0.05, 0.1) is 17.6 Å². The van der Waals surface area contributed by atoms with Gasteiger partial charge in [-0.15, -0.1) is 12.4 Å². The molecule has 0 spiro atoms. The van der Waals surface area contributed by atoms with E-state index >= 15 is 0 Å². The molecule has 6 nitrogen and oxygen atoms in total. The smallest absolute Gasteiger partial charge is 0.128 e. The van der Waals surface area contributed by atoms with E-state index in [4.69, 9.17) is 16.1 Å². The molecule has 0 aliphatic rings. The van der Waals surface area contributed by atoms with Crippen LogP contribution in [0.15, 0.2) is 42.5 Å². The molecule has 7 heteroatoms. The van der Waals surface area contributed by atoms with Gasteiger partial charge in [0.25, 0.3) is 0 Å². The Labute approximate surface area is 171 Å². The summed E-state index contributed by atoms with van der Waals surface area (Å²) < 4.78 is 2.07. The summed E-state index contributed by atoms with van der Waals surface area (Å²) in [6.07, 6.45) is 1.70. The van der Waals surface area contributed by atoms with Crippen molar-refractivity contribution in [2.45, 2.75) is 26.8 Å². The SMILES string of the molecule is Cl.Cn1c(CNc2ccc(C(=N)N)cc2)nc2cc(CC(C)(C)C=O)ccc21. The maximum absolute atomic E-state index is 11.2. The van der Waals surface area contributed by atoms with Gasteiger partial charge in [-0.05, 0) is 48.4 Å². The van der Waals surface area contributed by atoms with Crippen LogP contribution in [-0.2, 0) is 24.8 Å². The average molecular weight is 400 g/mol. The summed E-state index contributed by atoms with van der Waals surface area (Å²) in [6, 6.07) is 13.6. The van der Waals surface area contributed by atoms with Gasteiger partial charge in [0.1, 0.15) is 17.9 Å². The molecule has 28 heavy (non-hydrogen) atoms. The number of hydrogen-bond donors (Lipinski definition) is 3. The van der Waals surface area contributed by atoms with Crippen LogP contribution in [0.3, 0.4) is 0 Å². The lowest BCUT2D eigenvalue weighted by Gasteiger charge is -2.16. The summed E-state index contributed by atoms with van der Waals surface area (Å²) in [5.74, 6) is 0.984. The van der Waals surface area contributed by atoms with E-state index < -0.39 is 0 Å². The Kier molecular flexibility index (Phi) is 6.46. The predicted octanol–water partition coefficient (Wildman–Crippen LogP) is 3.66. The third kappa shape index (κ3) is 4.70. The van der Waals surface area contributed by atoms with Crippen molar-refractivity contribution in [3.8, 4) is 0 Å². The van der Waals surface area contributed by atoms with Gasteiger partial charge in [-0.1, -0.05) is 19.9 Å². The molecule has 1 heterocycles. The summed E-state index contributed by atoms with van der Waals surface area (Å²) in [7, 11) is 2.00. The lowest BCUT2D eigenvalue weighted by atomic mass is 9.87. The highest BCUT2D eigenvalue weighted by molar-refractivity contribution is 5.95. The van der Waals surface area contributed by atoms with Gasteiger partial charge in [0, 0.05) is 23.7 Å². The first-order chi connectivity index (χ1) is 12.8. The fourth-order valence-electron chi connectivity index (χ4n) is 3.08. The number of nitrogens with zero attached hydrogens (tertiary/aromatic N) is 2. The van der Waals surface area contributed by atoms with Crippen LogP contribution >= 0.6 is 12.4 Å². The number of aryl methyl sites for hydroxylation is 1. The van der Waals surface area contributed by atoms with E-state index in [2.05, 4.69) is 28.1 Å². The Bertz CT molecular complexity index is 992. The number of carbonyl (C=O) groups is 1. The molecule has 0 aliphatic heterocycles. The fourth-order valence-corrected chi connectivity index (χ4v) is 3.08. The van der Waals surface area contributed by atoms with Gasteiger partial charge < -0.3 is 20.4 Å². The van der Waals surface area contributed by atoms with Crippen LogP contribution in [0.2, 0.25) is 0 Å². The van der Waals surface area contributed by atoms with Crippen LogP contribution in [0.1, 0.15) is 30.8 Å². The largest absolute Gasteiger partial charge is 0.384 e. The molecule has 148 valence electrons. The van der Waals surface area contributed by atoms with Crippen LogP contribution in [0.4, 0.5) is 5.69 Å². The number of rotatable bonds is 7. The maximum Gasteiger partial charge on any atom is 0.128 e. The Morgan fingerprint density at radius 3 is 2.54 bits per heavy atom. The minimum Gasteiger partial charge on any atom is -0.384 e. The zero-order valence-electron chi connectivity index (χ0n) is 16.3. The second kappa shape index (κ2) is 8.44. The van der Waals surface area contributed by atoms with Crippen molar-refractivity contribution >= 4 is 41.2 Å². The standard InChI is InChI=1S/C21H25N5O.ClH/c1-21(2,13-27)11-14-4-9-18-17(10-14)25-19(26(18)3)12-24-16-7-5-15(6-8-16)20(22)23;/h4-10,13,24H,11-12H2,1-3H3,(H3,22,23);1H. The molecule has 0 saturated carbocycles. The average Bonchev–Trinajstić information content (AvgIpc) is 2.95. The van der Waals surface area contributed by atoms with Crippen LogP contribution in [0.5, 0.6) is 0 Å². The number of carbonyl (C=O) groups excluding carboxylic acids is 1. The Balaban J connectivity index is 0.00000280. The quantitative estimate of drug-likeness (QED) is 0.321. The van der Waals surface area contributed by atoms with Gasteiger partial charge in [0.15, 0.2) is 0 Å². The Morgan fingerprint density at radius 1 is 1.25 bits per heavy atom. The molecule has 0 aliphatic carbocycles. The van der Waals surface area contributed by atoms with Crippen molar-refractivity contribution in [3.63, 3.8) is 0 Å². The molecule has 3 rings (SSSR count). The zero-order valence-corrected chi connectivity index (χ0v) is 17.1. The predicted molar refractivity (Wildman–Crippen MR) is 116 cm³/mol. The molecule has 1 aromatic heterocycles. The number of aldehydes is 1. The lowest BCUT2D eigenvalue weighted by molar-refractivity contribution is -0.114. The van der Waals surface area contributed by atoms with Crippen molar-refractivity contribution in [3.05, 3.63) is 59.4 Å². The van der Waals surface area contributed by atoms with E-state index in [1.165, 1.54) is 0 Å². The number of amidine groups is 1. The van der Waals surface area contributed by atoms with E-state index in [1.807, 2.05) is 45.2 Å². The first-order valence-corrected chi connectivity index (χ1v) is 8.88. The second-order valence-electron chi connectivity index (χ2n) is 7.54. The number of nitrogen functional groups attached to an aromatic ring is 1.